The van der Waals surface area contributed by atoms with Crippen LogP contribution in [0.5, 0.6) is 0 Å². The summed E-state index contributed by atoms with van der Waals surface area (Å²) in [6, 6.07) is 0. The van der Waals surface area contributed by atoms with E-state index >= 15 is 0 Å². The summed E-state index contributed by atoms with van der Waals surface area (Å²) in [4.78, 5) is 0. The van der Waals surface area contributed by atoms with Crippen LogP contribution in [0.15, 0.2) is 0 Å². The summed E-state index contributed by atoms with van der Waals surface area (Å²) in [5, 5.41) is 76.6. The summed E-state index contributed by atoms with van der Waals surface area (Å²) < 4.78 is 20.1. The third-order valence-electron chi connectivity index (χ3n) is 4.20. The van der Waals surface area contributed by atoms with Gasteiger partial charge in [0.25, 0.3) is 6.26 Å². The molecule has 0 bridgehead atoms. The van der Waals surface area contributed by atoms with Crippen molar-refractivity contribution in [3.05, 3.63) is 0 Å². The average molecular weight is 367 g/mol. The molecule has 7 N–H and O–H groups in total. The predicted octanol–water partition coefficient (Wildman–Crippen LogP) is -4.89. The number of ether oxygens (including phenoxy) is 4. The summed E-state index contributed by atoms with van der Waals surface area (Å²) in [5.74, 6) is -2.25. The van der Waals surface area contributed by atoms with Crippen molar-refractivity contribution in [3.63, 3.8) is 0 Å². The molecule has 2 aliphatic heterocycles. The molecule has 2 fully saturated rings. The molecule has 0 aromatic rings. The Bertz CT molecular complexity index is 487. The van der Waals surface area contributed by atoms with E-state index in [4.69, 9.17) is 24.6 Å². The second-order valence-corrected chi connectivity index (χ2v) is 5.78. The summed E-state index contributed by atoms with van der Waals surface area (Å²) in [7, 11) is 0. The van der Waals surface area contributed by atoms with Crippen LogP contribution in [-0.2, 0) is 18.9 Å². The number of aliphatic hydroxyl groups excluding tert-OH is 7. The lowest BCUT2D eigenvalue weighted by atomic mass is 9.99. The molecule has 0 unspecified atom stereocenters. The quantitative estimate of drug-likeness (QED) is 0.221. The van der Waals surface area contributed by atoms with E-state index in [0.29, 0.717) is 0 Å². The molecule has 12 heteroatoms. The first-order valence-electron chi connectivity index (χ1n) is 7.45. The molecule has 2 saturated heterocycles. The number of nitrogens with zero attached hydrogens (tertiary/aromatic N) is 1. The van der Waals surface area contributed by atoms with Crippen LogP contribution < -0.4 is 0 Å². The predicted molar refractivity (Wildman–Crippen MR) is 73.1 cm³/mol. The van der Waals surface area contributed by atoms with Gasteiger partial charge in [-0.2, -0.15) is 5.26 Å². The fraction of sp³-hybridized carbons (Fsp3) is 0.923. The van der Waals surface area contributed by atoms with Crippen molar-refractivity contribution in [3.8, 4) is 6.26 Å². The summed E-state index contributed by atoms with van der Waals surface area (Å²) in [5.41, 5.74) is 0. The van der Waals surface area contributed by atoms with E-state index in [0.717, 1.165) is 0 Å². The molecule has 0 aliphatic carbocycles. The first kappa shape index (κ1) is 20.2. The summed E-state index contributed by atoms with van der Waals surface area (Å²) in [6.45, 7) is -2.12. The zero-order valence-electron chi connectivity index (χ0n) is 13.0. The molecule has 0 aromatic heterocycles. The van der Waals surface area contributed by atoms with E-state index in [1.54, 1.807) is 0 Å². The van der Waals surface area contributed by atoms with Gasteiger partial charge in [0.2, 0.25) is 5.79 Å². The minimum atomic E-state index is -2.25. The minimum absolute atomic E-state index is 0.460. The van der Waals surface area contributed by atoms with Gasteiger partial charge in [0.15, 0.2) is 6.29 Å². The molecule has 2 aliphatic rings. The fourth-order valence-electron chi connectivity index (χ4n) is 2.74. The molecule has 12 nitrogen and oxygen atoms in total. The van der Waals surface area contributed by atoms with Gasteiger partial charge in [-0.15, -0.1) is 0 Å². The Labute approximate surface area is 142 Å². The van der Waals surface area contributed by atoms with Crippen molar-refractivity contribution < 1.29 is 54.7 Å². The molecule has 0 radical (unpaired) electrons. The standard InChI is InChI=1S/C13H21NO11/c14-4-22-2-6-7(17)9(19)10(20)12(23-6)25-13(3-16)11(21)8(18)5(1-15)24-13/h5-12,15-21H,1-3H2/t5-,6-,7-,8-,9+,10-,11+,12-,13+/m1/s1. The van der Waals surface area contributed by atoms with E-state index in [9.17, 15) is 30.6 Å². The maximum absolute atomic E-state index is 10.1. The molecule has 2 heterocycles. The van der Waals surface area contributed by atoms with Crippen molar-refractivity contribution in [1.29, 1.82) is 5.26 Å². The van der Waals surface area contributed by atoms with Crippen LogP contribution in [0.2, 0.25) is 0 Å². The molecule has 0 aromatic carbocycles. The Morgan fingerprint density at radius 1 is 0.960 bits per heavy atom. The van der Waals surface area contributed by atoms with Crippen LogP contribution in [0.25, 0.3) is 0 Å². The Morgan fingerprint density at radius 2 is 1.64 bits per heavy atom. The maximum atomic E-state index is 10.1. The van der Waals surface area contributed by atoms with Gasteiger partial charge in [-0.05, 0) is 0 Å². The summed E-state index contributed by atoms with van der Waals surface area (Å²) in [6.07, 6.45) is -11.4. The van der Waals surface area contributed by atoms with E-state index in [1.165, 1.54) is 6.26 Å². The lowest BCUT2D eigenvalue weighted by Crippen LogP contribution is -2.62. The number of rotatable bonds is 6. The van der Waals surface area contributed by atoms with Gasteiger partial charge in [0, 0.05) is 0 Å². The molecule has 0 saturated carbocycles. The van der Waals surface area contributed by atoms with Gasteiger partial charge in [0.05, 0.1) is 6.61 Å². The molecule has 0 amide bonds. The van der Waals surface area contributed by atoms with Crippen molar-refractivity contribution in [2.24, 2.45) is 0 Å². The second kappa shape index (κ2) is 8.06. The maximum Gasteiger partial charge on any atom is 0.286 e. The zero-order chi connectivity index (χ0) is 18.8. The second-order valence-electron chi connectivity index (χ2n) is 5.78. The van der Waals surface area contributed by atoms with Crippen LogP contribution in [0.4, 0.5) is 0 Å². The van der Waals surface area contributed by atoms with Crippen molar-refractivity contribution >= 4 is 0 Å². The minimum Gasteiger partial charge on any atom is -0.425 e. The number of aliphatic hydroxyl groups is 7. The van der Waals surface area contributed by atoms with Crippen LogP contribution >= 0.6 is 0 Å². The van der Waals surface area contributed by atoms with E-state index in [2.05, 4.69) is 4.74 Å². The SMILES string of the molecule is N#COC[C@H]1O[C@H](O[C@]2(CO)O[C@H](CO)[C@@H](O)[C@@H]2O)[C@H](O)[C@@H](O)[C@@H]1O. The lowest BCUT2D eigenvalue weighted by molar-refractivity contribution is -0.383. The Balaban J connectivity index is 2.17. The highest BCUT2D eigenvalue weighted by molar-refractivity contribution is 4.98. The smallest absolute Gasteiger partial charge is 0.286 e. The first-order chi connectivity index (χ1) is 11.8. The van der Waals surface area contributed by atoms with Crippen LogP contribution in [0.1, 0.15) is 0 Å². The lowest BCUT2D eigenvalue weighted by Gasteiger charge is -2.43. The monoisotopic (exact) mass is 367 g/mol. The third kappa shape index (κ3) is 3.71. The average Bonchev–Trinajstić information content (AvgIpc) is 2.86. The Kier molecular flexibility index (Phi) is 6.51. The Hall–Kier alpha value is -1.11. The zero-order valence-corrected chi connectivity index (χ0v) is 13.0. The van der Waals surface area contributed by atoms with Gasteiger partial charge in [0.1, 0.15) is 55.9 Å². The topological polar surface area (TPSA) is 202 Å². The van der Waals surface area contributed by atoms with Crippen LogP contribution in [0, 0.1) is 11.5 Å². The van der Waals surface area contributed by atoms with Gasteiger partial charge in [-0.1, -0.05) is 0 Å². The number of hydrogen-bond acceptors (Lipinski definition) is 12. The molecule has 25 heavy (non-hydrogen) atoms. The molecule has 144 valence electrons. The number of nitriles is 1. The van der Waals surface area contributed by atoms with E-state index < -0.39 is 74.6 Å². The largest absolute Gasteiger partial charge is 0.425 e. The third-order valence-corrected chi connectivity index (χ3v) is 4.20. The van der Waals surface area contributed by atoms with Gasteiger partial charge in [-0.3, -0.25) is 0 Å². The fourth-order valence-corrected chi connectivity index (χ4v) is 2.74. The van der Waals surface area contributed by atoms with E-state index in [1.807, 2.05) is 0 Å². The molecular formula is C13H21NO11. The van der Waals surface area contributed by atoms with Crippen LogP contribution in [0.3, 0.4) is 0 Å². The van der Waals surface area contributed by atoms with Gasteiger partial charge >= 0.3 is 0 Å². The first-order valence-corrected chi connectivity index (χ1v) is 7.45. The highest BCUT2D eigenvalue weighted by atomic mass is 16.8. The highest BCUT2D eigenvalue weighted by Gasteiger charge is 2.58. The van der Waals surface area contributed by atoms with Crippen molar-refractivity contribution in [2.75, 3.05) is 19.8 Å². The van der Waals surface area contributed by atoms with E-state index in [-0.39, 0.29) is 0 Å². The normalized spacial score (nSPS) is 47.4. The van der Waals surface area contributed by atoms with Crippen molar-refractivity contribution in [1.82, 2.24) is 0 Å². The molecule has 0 spiro atoms. The Morgan fingerprint density at radius 3 is 2.16 bits per heavy atom. The van der Waals surface area contributed by atoms with Crippen molar-refractivity contribution in [2.45, 2.75) is 54.8 Å². The molecular weight excluding hydrogens is 346 g/mol. The highest BCUT2D eigenvalue weighted by Crippen LogP contribution is 2.35. The number of hydrogen-bond donors (Lipinski definition) is 7. The van der Waals surface area contributed by atoms with Gasteiger partial charge in [-0.25, -0.2) is 0 Å². The molecule has 9 atom stereocenters. The van der Waals surface area contributed by atoms with Gasteiger partial charge < -0.3 is 54.7 Å². The van der Waals surface area contributed by atoms with Crippen LogP contribution in [-0.4, -0.2) is 110 Å². The summed E-state index contributed by atoms with van der Waals surface area (Å²) >= 11 is 0. The molecule has 2 rings (SSSR count).